The number of ketones is 1. The smallest absolute Gasteiger partial charge is 0.306 e. The summed E-state index contributed by atoms with van der Waals surface area (Å²) in [6.45, 7) is 3.54. The van der Waals surface area contributed by atoms with Crippen molar-refractivity contribution in [1.29, 1.82) is 0 Å². The molecule has 0 spiro atoms. The lowest BCUT2D eigenvalue weighted by molar-refractivity contribution is -0.148. The van der Waals surface area contributed by atoms with Crippen LogP contribution in [0.25, 0.3) is 0 Å². The van der Waals surface area contributed by atoms with E-state index in [4.69, 9.17) is 4.74 Å². The second-order valence-corrected chi connectivity index (χ2v) is 7.00. The zero-order valence-corrected chi connectivity index (χ0v) is 16.5. The molecule has 0 unspecified atom stereocenters. The highest BCUT2D eigenvalue weighted by molar-refractivity contribution is 5.98. The summed E-state index contributed by atoms with van der Waals surface area (Å²) in [5.74, 6) is -1.58. The maximum Gasteiger partial charge on any atom is 0.306 e. The highest BCUT2D eigenvalue weighted by Gasteiger charge is 2.18. The first-order chi connectivity index (χ1) is 13.4. The minimum absolute atomic E-state index is 0.0368. The Morgan fingerprint density at radius 2 is 1.86 bits per heavy atom. The lowest BCUT2D eigenvalue weighted by atomic mass is 10.0. The Morgan fingerprint density at radius 3 is 2.61 bits per heavy atom. The highest BCUT2D eigenvalue weighted by atomic mass is 16.5. The Labute approximate surface area is 165 Å². The Hall–Kier alpha value is -2.70. The molecule has 0 heterocycles. The zero-order chi connectivity index (χ0) is 20.5. The third-order valence-corrected chi connectivity index (χ3v) is 4.66. The van der Waals surface area contributed by atoms with Gasteiger partial charge in [0.25, 0.3) is 5.91 Å². The standard InChI is InChI=1S/C21H28N2O5/c1-3-11-22-21(27)14(2)23-19(25)13-28-20(26)10-9-18(24)17-8-7-15-5-4-6-16(15)12-17/h7-8,12,14H,3-6,9-11,13H2,1-2H3,(H,22,27)(H,23,25)/t14-/m1/s1. The average Bonchev–Trinajstić information content (AvgIpc) is 3.16. The number of rotatable bonds is 10. The van der Waals surface area contributed by atoms with Gasteiger partial charge in [0.05, 0.1) is 6.42 Å². The van der Waals surface area contributed by atoms with Crippen molar-refractivity contribution < 1.29 is 23.9 Å². The predicted molar refractivity (Wildman–Crippen MR) is 104 cm³/mol. The predicted octanol–water partition coefficient (Wildman–Crippen LogP) is 1.71. The molecule has 28 heavy (non-hydrogen) atoms. The molecule has 1 aromatic carbocycles. The highest BCUT2D eigenvalue weighted by Crippen LogP contribution is 2.23. The van der Waals surface area contributed by atoms with Crippen LogP contribution in [0.5, 0.6) is 0 Å². The van der Waals surface area contributed by atoms with E-state index in [1.54, 1.807) is 13.0 Å². The first-order valence-electron chi connectivity index (χ1n) is 9.78. The number of esters is 1. The van der Waals surface area contributed by atoms with E-state index in [-0.39, 0.29) is 24.5 Å². The third-order valence-electron chi connectivity index (χ3n) is 4.66. The van der Waals surface area contributed by atoms with Crippen LogP contribution >= 0.6 is 0 Å². The van der Waals surface area contributed by atoms with Crippen molar-refractivity contribution >= 4 is 23.6 Å². The molecule has 1 aliphatic carbocycles. The van der Waals surface area contributed by atoms with E-state index in [0.29, 0.717) is 12.1 Å². The van der Waals surface area contributed by atoms with Crippen molar-refractivity contribution in [1.82, 2.24) is 10.6 Å². The molecule has 0 saturated heterocycles. The lowest BCUT2D eigenvalue weighted by Crippen LogP contribution is -2.46. The number of amides is 2. The number of fused-ring (bicyclic) bond motifs is 1. The van der Waals surface area contributed by atoms with Crippen LogP contribution in [0.1, 0.15) is 61.0 Å². The summed E-state index contributed by atoms with van der Waals surface area (Å²) in [4.78, 5) is 47.5. The maximum atomic E-state index is 12.3. The van der Waals surface area contributed by atoms with Crippen LogP contribution in [0.15, 0.2) is 18.2 Å². The van der Waals surface area contributed by atoms with Crippen LogP contribution in [-0.2, 0) is 32.0 Å². The Bertz CT molecular complexity index is 744. The molecule has 1 atom stereocenters. The van der Waals surface area contributed by atoms with E-state index in [0.717, 1.165) is 25.7 Å². The summed E-state index contributed by atoms with van der Waals surface area (Å²) in [6.07, 6.45) is 3.90. The van der Waals surface area contributed by atoms with Crippen LogP contribution in [-0.4, -0.2) is 42.8 Å². The maximum absolute atomic E-state index is 12.3. The van der Waals surface area contributed by atoms with Crippen molar-refractivity contribution in [2.75, 3.05) is 13.2 Å². The molecule has 0 saturated carbocycles. The fourth-order valence-electron chi connectivity index (χ4n) is 3.07. The van der Waals surface area contributed by atoms with Gasteiger partial charge in [-0.05, 0) is 49.8 Å². The molecule has 1 aliphatic rings. The van der Waals surface area contributed by atoms with E-state index < -0.39 is 24.5 Å². The van der Waals surface area contributed by atoms with E-state index in [1.807, 2.05) is 19.1 Å². The van der Waals surface area contributed by atoms with Gasteiger partial charge < -0.3 is 15.4 Å². The van der Waals surface area contributed by atoms with Gasteiger partial charge in [-0.15, -0.1) is 0 Å². The minimum atomic E-state index is -0.709. The zero-order valence-electron chi connectivity index (χ0n) is 16.5. The quantitative estimate of drug-likeness (QED) is 0.469. The number of nitrogens with one attached hydrogen (secondary N) is 2. The summed E-state index contributed by atoms with van der Waals surface area (Å²) in [5, 5.41) is 5.13. The van der Waals surface area contributed by atoms with Gasteiger partial charge in [0, 0.05) is 18.5 Å². The fraction of sp³-hybridized carbons (Fsp3) is 0.524. The Morgan fingerprint density at radius 1 is 1.11 bits per heavy atom. The molecule has 2 rings (SSSR count). The van der Waals surface area contributed by atoms with Crippen LogP contribution < -0.4 is 10.6 Å². The van der Waals surface area contributed by atoms with Gasteiger partial charge >= 0.3 is 5.97 Å². The van der Waals surface area contributed by atoms with Gasteiger partial charge in [-0.3, -0.25) is 19.2 Å². The molecule has 0 aliphatic heterocycles. The molecular formula is C21H28N2O5. The molecule has 1 aromatic rings. The molecule has 0 aromatic heterocycles. The fourth-order valence-corrected chi connectivity index (χ4v) is 3.07. The summed E-state index contributed by atoms with van der Waals surface area (Å²) in [7, 11) is 0. The first kappa shape index (κ1) is 21.6. The molecular weight excluding hydrogens is 360 g/mol. The van der Waals surface area contributed by atoms with Crippen LogP contribution in [0.4, 0.5) is 0 Å². The number of hydrogen-bond donors (Lipinski definition) is 2. The number of carbonyl (C=O) groups excluding carboxylic acids is 4. The molecule has 7 nitrogen and oxygen atoms in total. The SMILES string of the molecule is CCCNC(=O)[C@@H](C)NC(=O)COC(=O)CCC(=O)c1ccc2c(c1)CCC2. The third kappa shape index (κ3) is 6.48. The first-order valence-corrected chi connectivity index (χ1v) is 9.78. The number of hydrogen-bond acceptors (Lipinski definition) is 5. The topological polar surface area (TPSA) is 102 Å². The molecule has 7 heteroatoms. The van der Waals surface area contributed by atoms with Gasteiger partial charge in [0.15, 0.2) is 12.4 Å². The van der Waals surface area contributed by atoms with E-state index >= 15 is 0 Å². The molecule has 152 valence electrons. The summed E-state index contributed by atoms with van der Waals surface area (Å²) >= 11 is 0. The Kier molecular flexibility index (Phi) is 8.17. The normalized spacial score (nSPS) is 13.4. The Balaban J connectivity index is 1.68. The molecule has 0 bridgehead atoms. The number of ether oxygens (including phenoxy) is 1. The molecule has 2 N–H and O–H groups in total. The number of Topliss-reactive ketones (excluding diaryl/α,β-unsaturated/α-hetero) is 1. The van der Waals surface area contributed by atoms with Gasteiger partial charge in [-0.2, -0.15) is 0 Å². The van der Waals surface area contributed by atoms with Crippen LogP contribution in [0, 0.1) is 0 Å². The molecule has 2 amide bonds. The van der Waals surface area contributed by atoms with Gasteiger partial charge in [-0.25, -0.2) is 0 Å². The van der Waals surface area contributed by atoms with E-state index in [2.05, 4.69) is 10.6 Å². The van der Waals surface area contributed by atoms with Crippen molar-refractivity contribution in [3.8, 4) is 0 Å². The summed E-state index contributed by atoms with van der Waals surface area (Å²) in [5.41, 5.74) is 3.11. The largest absolute Gasteiger partial charge is 0.456 e. The van der Waals surface area contributed by atoms with E-state index in [1.165, 1.54) is 11.1 Å². The lowest BCUT2D eigenvalue weighted by Gasteiger charge is -2.13. The van der Waals surface area contributed by atoms with Crippen molar-refractivity contribution in [3.63, 3.8) is 0 Å². The molecule has 0 fully saturated rings. The van der Waals surface area contributed by atoms with Crippen LogP contribution in [0.2, 0.25) is 0 Å². The van der Waals surface area contributed by atoms with E-state index in [9.17, 15) is 19.2 Å². The van der Waals surface area contributed by atoms with Crippen molar-refractivity contribution in [2.24, 2.45) is 0 Å². The second kappa shape index (κ2) is 10.6. The van der Waals surface area contributed by atoms with Gasteiger partial charge in [0.1, 0.15) is 6.04 Å². The monoisotopic (exact) mass is 388 g/mol. The van der Waals surface area contributed by atoms with Crippen molar-refractivity contribution in [2.45, 2.75) is 58.4 Å². The minimum Gasteiger partial charge on any atom is -0.456 e. The summed E-state index contributed by atoms with van der Waals surface area (Å²) < 4.78 is 4.89. The second-order valence-electron chi connectivity index (χ2n) is 7.00. The number of carbonyl (C=O) groups is 4. The average molecular weight is 388 g/mol. The van der Waals surface area contributed by atoms with Crippen LogP contribution in [0.3, 0.4) is 0 Å². The number of aryl methyl sites for hydroxylation is 2. The van der Waals surface area contributed by atoms with Gasteiger partial charge in [-0.1, -0.05) is 19.1 Å². The molecule has 0 radical (unpaired) electrons. The number of benzene rings is 1. The summed E-state index contributed by atoms with van der Waals surface area (Å²) in [6, 6.07) is 4.99. The van der Waals surface area contributed by atoms with Crippen molar-refractivity contribution in [3.05, 3.63) is 34.9 Å². The van der Waals surface area contributed by atoms with Gasteiger partial charge in [0.2, 0.25) is 5.91 Å².